The predicted octanol–water partition coefficient (Wildman–Crippen LogP) is 5.90. The molecule has 0 aliphatic carbocycles. The molecule has 0 radical (unpaired) electrons. The first kappa shape index (κ1) is 18.8. The van der Waals surface area contributed by atoms with Crippen molar-refractivity contribution in [2.75, 3.05) is 12.0 Å². The Bertz CT molecular complexity index is 1080. The van der Waals surface area contributed by atoms with Crippen LogP contribution < -0.4 is 9.64 Å². The number of fused-ring (bicyclic) bond motifs is 1. The average Bonchev–Trinajstić information content (AvgIpc) is 2.78. The summed E-state index contributed by atoms with van der Waals surface area (Å²) < 4.78 is 5.33. The Morgan fingerprint density at radius 1 is 0.931 bits per heavy atom. The third kappa shape index (κ3) is 3.47. The second kappa shape index (κ2) is 7.80. The van der Waals surface area contributed by atoms with Crippen molar-refractivity contribution in [3.63, 3.8) is 0 Å². The third-order valence-corrected chi connectivity index (χ3v) is 5.30. The van der Waals surface area contributed by atoms with Gasteiger partial charge in [0.05, 0.1) is 13.2 Å². The summed E-state index contributed by atoms with van der Waals surface area (Å²) in [5.74, 6) is 0.774. The number of ketones is 1. The number of nitrogens with zero attached hydrogens (tertiary/aromatic N) is 1. The predicted molar refractivity (Wildman–Crippen MR) is 119 cm³/mol. The average molecular weight is 381 g/mol. The molecule has 3 aromatic carbocycles. The molecule has 0 fully saturated rings. The van der Waals surface area contributed by atoms with Gasteiger partial charge in [-0.15, -0.1) is 0 Å². The molecule has 1 aliphatic heterocycles. The van der Waals surface area contributed by atoms with Crippen LogP contribution in [0, 0.1) is 0 Å². The van der Waals surface area contributed by atoms with Gasteiger partial charge in [-0.2, -0.15) is 0 Å². The Labute approximate surface area is 171 Å². The van der Waals surface area contributed by atoms with Gasteiger partial charge in [0, 0.05) is 17.0 Å². The lowest BCUT2D eigenvalue weighted by Crippen LogP contribution is -2.33. The Morgan fingerprint density at radius 3 is 2.24 bits per heavy atom. The van der Waals surface area contributed by atoms with E-state index < -0.39 is 0 Å². The van der Waals surface area contributed by atoms with Gasteiger partial charge in [0.15, 0.2) is 5.78 Å². The van der Waals surface area contributed by atoms with E-state index in [9.17, 15) is 4.79 Å². The minimum absolute atomic E-state index is 0.0161. The lowest BCUT2D eigenvalue weighted by atomic mass is 9.86. The van der Waals surface area contributed by atoms with Gasteiger partial charge in [-0.1, -0.05) is 61.2 Å². The molecular weight excluding hydrogens is 358 g/mol. The third-order valence-electron chi connectivity index (χ3n) is 5.30. The van der Waals surface area contributed by atoms with Crippen molar-refractivity contribution in [2.24, 2.45) is 0 Å². The van der Waals surface area contributed by atoms with Gasteiger partial charge in [-0.3, -0.25) is 4.79 Å². The van der Waals surface area contributed by atoms with Crippen LogP contribution in [0.15, 0.2) is 91.0 Å². The van der Waals surface area contributed by atoms with Crippen LogP contribution in [-0.4, -0.2) is 12.9 Å². The molecule has 0 N–H and O–H groups in total. The van der Waals surface area contributed by atoms with Crippen LogP contribution in [0.5, 0.6) is 5.75 Å². The molecular formula is C26H23NO2. The molecule has 0 amide bonds. The van der Waals surface area contributed by atoms with Crippen LogP contribution in [0.3, 0.4) is 0 Å². The van der Waals surface area contributed by atoms with E-state index in [4.69, 9.17) is 4.74 Å². The zero-order valence-electron chi connectivity index (χ0n) is 16.6. The van der Waals surface area contributed by atoms with Crippen LogP contribution in [-0.2, 0) is 4.79 Å². The SMILES string of the molecule is C=C(C(C)=O)C1c2ccccc2C=C(c2ccccc2)N1c1ccc(OC)cc1. The number of Topliss-reactive ketones (excluding diaryl/α,β-unsaturated/α-hetero) is 1. The van der Waals surface area contributed by atoms with Gasteiger partial charge in [0.1, 0.15) is 5.75 Å². The zero-order valence-corrected chi connectivity index (χ0v) is 16.6. The number of hydrogen-bond acceptors (Lipinski definition) is 3. The summed E-state index contributed by atoms with van der Waals surface area (Å²) in [5.41, 5.74) is 5.82. The fourth-order valence-electron chi connectivity index (χ4n) is 3.78. The van der Waals surface area contributed by atoms with Crippen molar-refractivity contribution in [2.45, 2.75) is 13.0 Å². The van der Waals surface area contributed by atoms with Crippen LogP contribution in [0.1, 0.15) is 29.7 Å². The molecule has 0 spiro atoms. The molecule has 1 unspecified atom stereocenters. The summed E-state index contributed by atoms with van der Waals surface area (Å²) >= 11 is 0. The Balaban J connectivity index is 1.97. The molecule has 0 saturated heterocycles. The molecule has 29 heavy (non-hydrogen) atoms. The number of rotatable bonds is 5. The van der Waals surface area contributed by atoms with E-state index >= 15 is 0 Å². The fourth-order valence-corrected chi connectivity index (χ4v) is 3.78. The molecule has 1 atom stereocenters. The second-order valence-corrected chi connectivity index (χ2v) is 7.08. The van der Waals surface area contributed by atoms with Gasteiger partial charge in [-0.05, 0) is 54.0 Å². The van der Waals surface area contributed by atoms with Crippen molar-refractivity contribution >= 4 is 23.2 Å². The summed E-state index contributed by atoms with van der Waals surface area (Å²) in [7, 11) is 1.65. The first-order chi connectivity index (χ1) is 14.1. The van der Waals surface area contributed by atoms with Gasteiger partial charge >= 0.3 is 0 Å². The first-order valence-corrected chi connectivity index (χ1v) is 9.59. The van der Waals surface area contributed by atoms with E-state index in [0.29, 0.717) is 5.57 Å². The monoisotopic (exact) mass is 381 g/mol. The van der Waals surface area contributed by atoms with E-state index in [-0.39, 0.29) is 11.8 Å². The molecule has 3 aromatic rings. The lowest BCUT2D eigenvalue weighted by molar-refractivity contribution is -0.113. The number of carbonyl (C=O) groups is 1. The molecule has 4 rings (SSSR count). The minimum Gasteiger partial charge on any atom is -0.497 e. The molecule has 0 aromatic heterocycles. The highest BCUT2D eigenvalue weighted by Gasteiger charge is 2.33. The number of ether oxygens (including phenoxy) is 1. The zero-order chi connectivity index (χ0) is 20.4. The molecule has 0 saturated carbocycles. The number of benzene rings is 3. The van der Waals surface area contributed by atoms with Crippen LogP contribution in [0.25, 0.3) is 11.8 Å². The largest absolute Gasteiger partial charge is 0.497 e. The van der Waals surface area contributed by atoms with E-state index in [1.54, 1.807) is 14.0 Å². The van der Waals surface area contributed by atoms with Gasteiger partial charge in [0.2, 0.25) is 0 Å². The van der Waals surface area contributed by atoms with Crippen molar-refractivity contribution in [3.8, 4) is 5.75 Å². The molecule has 0 bridgehead atoms. The van der Waals surface area contributed by atoms with Crippen LogP contribution in [0.4, 0.5) is 5.69 Å². The Hall–Kier alpha value is -3.59. The second-order valence-electron chi connectivity index (χ2n) is 7.08. The number of anilines is 1. The number of methoxy groups -OCH3 is 1. The van der Waals surface area contributed by atoms with Gasteiger partial charge in [-0.25, -0.2) is 0 Å². The number of carbonyl (C=O) groups excluding carboxylic acids is 1. The van der Waals surface area contributed by atoms with E-state index in [0.717, 1.165) is 33.8 Å². The maximum absolute atomic E-state index is 12.4. The number of hydrogen-bond donors (Lipinski definition) is 0. The van der Waals surface area contributed by atoms with Crippen molar-refractivity contribution in [1.29, 1.82) is 0 Å². The molecule has 144 valence electrons. The summed E-state index contributed by atoms with van der Waals surface area (Å²) in [6, 6.07) is 26.0. The smallest absolute Gasteiger partial charge is 0.157 e. The highest BCUT2D eigenvalue weighted by molar-refractivity contribution is 6.00. The van der Waals surface area contributed by atoms with Crippen molar-refractivity contribution < 1.29 is 9.53 Å². The Morgan fingerprint density at radius 2 is 1.59 bits per heavy atom. The first-order valence-electron chi connectivity index (χ1n) is 9.59. The van der Waals surface area contributed by atoms with Gasteiger partial charge < -0.3 is 9.64 Å². The topological polar surface area (TPSA) is 29.5 Å². The normalized spacial score (nSPS) is 15.3. The summed E-state index contributed by atoms with van der Waals surface area (Å²) in [6.07, 6.45) is 2.18. The highest BCUT2D eigenvalue weighted by atomic mass is 16.5. The quantitative estimate of drug-likeness (QED) is 0.515. The van der Waals surface area contributed by atoms with E-state index in [2.05, 4.69) is 41.8 Å². The summed E-state index contributed by atoms with van der Waals surface area (Å²) in [4.78, 5) is 14.6. The molecule has 1 heterocycles. The molecule has 1 aliphatic rings. The molecule has 3 nitrogen and oxygen atoms in total. The van der Waals surface area contributed by atoms with E-state index in [1.165, 1.54) is 0 Å². The standard InChI is InChI=1S/C26H23NO2/c1-18(19(2)28)26-24-12-8-7-11-21(24)17-25(20-9-5-4-6-10-20)27(26)22-13-15-23(29-3)16-14-22/h4-17,26H,1H2,2-3H3. The fraction of sp³-hybridized carbons (Fsp3) is 0.115. The van der Waals surface area contributed by atoms with E-state index in [1.807, 2.05) is 54.6 Å². The highest BCUT2D eigenvalue weighted by Crippen LogP contribution is 2.45. The van der Waals surface area contributed by atoms with Crippen molar-refractivity contribution in [1.82, 2.24) is 0 Å². The summed E-state index contributed by atoms with van der Waals surface area (Å²) in [6.45, 7) is 5.75. The molecule has 3 heteroatoms. The summed E-state index contributed by atoms with van der Waals surface area (Å²) in [5, 5.41) is 0. The lowest BCUT2D eigenvalue weighted by Gasteiger charge is -2.40. The van der Waals surface area contributed by atoms with Gasteiger partial charge in [0.25, 0.3) is 0 Å². The van der Waals surface area contributed by atoms with Crippen LogP contribution >= 0.6 is 0 Å². The minimum atomic E-state index is -0.280. The maximum Gasteiger partial charge on any atom is 0.157 e. The van der Waals surface area contributed by atoms with Crippen molar-refractivity contribution in [3.05, 3.63) is 108 Å². The van der Waals surface area contributed by atoms with Crippen LogP contribution in [0.2, 0.25) is 0 Å². The Kier molecular flexibility index (Phi) is 5.05. The maximum atomic E-state index is 12.4.